The molecule has 1 aliphatic carbocycles. The molecule has 0 atom stereocenters. The van der Waals surface area contributed by atoms with Gasteiger partial charge in [0.25, 0.3) is 0 Å². The van der Waals surface area contributed by atoms with Crippen molar-refractivity contribution in [2.75, 3.05) is 17.3 Å². The molecule has 0 saturated heterocycles. The summed E-state index contributed by atoms with van der Waals surface area (Å²) < 4.78 is 0. The number of rotatable bonds is 5. The highest BCUT2D eigenvalue weighted by Crippen LogP contribution is 2.33. The minimum absolute atomic E-state index is 0.0131. The Morgan fingerprint density at radius 3 is 2.55 bits per heavy atom. The van der Waals surface area contributed by atoms with Crippen molar-refractivity contribution < 1.29 is 4.92 Å². The van der Waals surface area contributed by atoms with Crippen LogP contribution in [0, 0.1) is 22.0 Å². The summed E-state index contributed by atoms with van der Waals surface area (Å²) in [5, 5.41) is 14.4. The highest BCUT2D eigenvalue weighted by Gasteiger charge is 2.21. The zero-order chi connectivity index (χ0) is 14.5. The maximum Gasteiger partial charge on any atom is 0.316 e. The highest BCUT2D eigenvalue weighted by atomic mass is 16.6. The van der Waals surface area contributed by atoms with Crippen molar-refractivity contribution in [2.24, 2.45) is 17.7 Å². The third kappa shape index (κ3) is 3.39. The standard InChI is InChI=1S/C14H22N4O2/c1-10-5-7-11(8-6-10)9-16-12-3-2-4-13(17-15)14(12)18(19)20/h2-4,10-11,16-17H,5-9,15H2,1H3. The number of anilines is 2. The lowest BCUT2D eigenvalue weighted by Crippen LogP contribution is -2.20. The van der Waals surface area contributed by atoms with E-state index in [4.69, 9.17) is 5.84 Å². The van der Waals surface area contributed by atoms with Crippen molar-refractivity contribution in [3.8, 4) is 0 Å². The summed E-state index contributed by atoms with van der Waals surface area (Å²) in [6.45, 7) is 3.06. The molecule has 1 aromatic rings. The van der Waals surface area contributed by atoms with Crippen molar-refractivity contribution in [3.63, 3.8) is 0 Å². The number of nitro groups is 1. The van der Waals surface area contributed by atoms with Crippen LogP contribution in [0.3, 0.4) is 0 Å². The summed E-state index contributed by atoms with van der Waals surface area (Å²) in [6.07, 6.45) is 4.88. The molecular formula is C14H22N4O2. The Morgan fingerprint density at radius 1 is 1.30 bits per heavy atom. The molecule has 0 unspecified atom stereocenters. The van der Waals surface area contributed by atoms with E-state index < -0.39 is 4.92 Å². The van der Waals surface area contributed by atoms with Crippen LogP contribution in [0.5, 0.6) is 0 Å². The Balaban J connectivity index is 2.04. The molecule has 1 aromatic carbocycles. The van der Waals surface area contributed by atoms with E-state index >= 15 is 0 Å². The number of hydrogen-bond acceptors (Lipinski definition) is 5. The van der Waals surface area contributed by atoms with Crippen LogP contribution in [0.2, 0.25) is 0 Å². The molecule has 110 valence electrons. The van der Waals surface area contributed by atoms with E-state index in [-0.39, 0.29) is 5.69 Å². The first-order valence-electron chi connectivity index (χ1n) is 7.09. The van der Waals surface area contributed by atoms with Crippen molar-refractivity contribution in [3.05, 3.63) is 28.3 Å². The topological polar surface area (TPSA) is 93.2 Å². The van der Waals surface area contributed by atoms with Gasteiger partial charge in [-0.15, -0.1) is 0 Å². The van der Waals surface area contributed by atoms with E-state index in [2.05, 4.69) is 17.7 Å². The molecule has 0 aromatic heterocycles. The van der Waals surface area contributed by atoms with Crippen molar-refractivity contribution in [1.82, 2.24) is 0 Å². The molecule has 1 saturated carbocycles. The fourth-order valence-corrected chi connectivity index (χ4v) is 2.79. The zero-order valence-corrected chi connectivity index (χ0v) is 11.8. The van der Waals surface area contributed by atoms with E-state index in [1.807, 2.05) is 0 Å². The quantitative estimate of drug-likeness (QED) is 0.437. The average molecular weight is 278 g/mol. The molecule has 6 heteroatoms. The minimum atomic E-state index is -0.402. The van der Waals surface area contributed by atoms with Crippen LogP contribution in [-0.4, -0.2) is 11.5 Å². The van der Waals surface area contributed by atoms with Gasteiger partial charge >= 0.3 is 5.69 Å². The summed E-state index contributed by atoms with van der Waals surface area (Å²) in [7, 11) is 0. The molecule has 20 heavy (non-hydrogen) atoms. The number of nitrogens with one attached hydrogen (secondary N) is 2. The van der Waals surface area contributed by atoms with Gasteiger partial charge in [-0.1, -0.05) is 25.8 Å². The molecule has 0 aliphatic heterocycles. The predicted octanol–water partition coefficient (Wildman–Crippen LogP) is 3.12. The summed E-state index contributed by atoms with van der Waals surface area (Å²) in [4.78, 5) is 10.8. The number of nitrogens with zero attached hydrogens (tertiary/aromatic N) is 1. The van der Waals surface area contributed by atoms with Gasteiger partial charge in [-0.25, -0.2) is 0 Å². The van der Waals surface area contributed by atoms with Crippen molar-refractivity contribution >= 4 is 17.1 Å². The molecule has 0 amide bonds. The lowest BCUT2D eigenvalue weighted by atomic mass is 9.83. The van der Waals surface area contributed by atoms with Crippen molar-refractivity contribution in [1.29, 1.82) is 0 Å². The van der Waals surface area contributed by atoms with Crippen LogP contribution in [0.1, 0.15) is 32.6 Å². The monoisotopic (exact) mass is 278 g/mol. The van der Waals surface area contributed by atoms with Gasteiger partial charge in [0.2, 0.25) is 0 Å². The number of nitro benzene ring substituents is 1. The molecule has 0 radical (unpaired) electrons. The van der Waals surface area contributed by atoms with Gasteiger partial charge in [-0.3, -0.25) is 16.0 Å². The third-order valence-corrected chi connectivity index (χ3v) is 4.09. The average Bonchev–Trinajstić information content (AvgIpc) is 2.46. The van der Waals surface area contributed by atoms with Gasteiger partial charge in [0.1, 0.15) is 11.4 Å². The first kappa shape index (κ1) is 14.6. The second-order valence-electron chi connectivity index (χ2n) is 5.61. The Bertz CT molecular complexity index is 470. The fraction of sp³-hybridized carbons (Fsp3) is 0.571. The van der Waals surface area contributed by atoms with Gasteiger partial charge < -0.3 is 10.7 Å². The van der Waals surface area contributed by atoms with Gasteiger partial charge in [-0.05, 0) is 36.8 Å². The lowest BCUT2D eigenvalue weighted by molar-refractivity contribution is -0.383. The summed E-state index contributed by atoms with van der Waals surface area (Å²) in [6, 6.07) is 5.09. The molecule has 1 fully saturated rings. The van der Waals surface area contributed by atoms with Crippen LogP contribution < -0.4 is 16.6 Å². The van der Waals surface area contributed by atoms with Gasteiger partial charge in [0.15, 0.2) is 0 Å². The predicted molar refractivity (Wildman–Crippen MR) is 80.5 cm³/mol. The maximum atomic E-state index is 11.2. The SMILES string of the molecule is CC1CCC(CNc2cccc(NN)c2[N+](=O)[O-])CC1. The van der Waals surface area contributed by atoms with Gasteiger partial charge in [0.05, 0.1) is 4.92 Å². The number of para-hydroxylation sites is 1. The largest absolute Gasteiger partial charge is 0.379 e. The number of hydrazine groups is 1. The minimum Gasteiger partial charge on any atom is -0.379 e. The van der Waals surface area contributed by atoms with E-state index in [0.717, 1.165) is 12.5 Å². The molecule has 0 heterocycles. The lowest BCUT2D eigenvalue weighted by Gasteiger charge is -2.26. The molecule has 0 spiro atoms. The van der Waals surface area contributed by atoms with Crippen LogP contribution in [-0.2, 0) is 0 Å². The summed E-state index contributed by atoms with van der Waals surface area (Å²) in [5.74, 6) is 6.74. The smallest absolute Gasteiger partial charge is 0.316 e. The number of nitrogen functional groups attached to an aromatic ring is 1. The van der Waals surface area contributed by atoms with Crippen LogP contribution in [0.15, 0.2) is 18.2 Å². The fourth-order valence-electron chi connectivity index (χ4n) is 2.79. The second-order valence-corrected chi connectivity index (χ2v) is 5.61. The maximum absolute atomic E-state index is 11.2. The summed E-state index contributed by atoms with van der Waals surface area (Å²) in [5.41, 5.74) is 3.25. The van der Waals surface area contributed by atoms with E-state index in [9.17, 15) is 10.1 Å². The van der Waals surface area contributed by atoms with Crippen LogP contribution in [0.25, 0.3) is 0 Å². The molecule has 4 N–H and O–H groups in total. The first-order valence-corrected chi connectivity index (χ1v) is 7.09. The summed E-state index contributed by atoms with van der Waals surface area (Å²) >= 11 is 0. The number of nitrogens with two attached hydrogens (primary N) is 1. The zero-order valence-electron chi connectivity index (χ0n) is 11.8. The van der Waals surface area contributed by atoms with Crippen molar-refractivity contribution in [2.45, 2.75) is 32.6 Å². The van der Waals surface area contributed by atoms with Crippen LogP contribution in [0.4, 0.5) is 17.1 Å². The Morgan fingerprint density at radius 2 is 1.95 bits per heavy atom. The van der Waals surface area contributed by atoms with Gasteiger partial charge in [0, 0.05) is 6.54 Å². The van der Waals surface area contributed by atoms with E-state index in [0.29, 0.717) is 17.3 Å². The van der Waals surface area contributed by atoms with Crippen LogP contribution >= 0.6 is 0 Å². The Labute approximate surface area is 118 Å². The van der Waals surface area contributed by atoms with E-state index in [1.54, 1.807) is 18.2 Å². The molecule has 2 rings (SSSR count). The molecule has 6 nitrogen and oxygen atoms in total. The highest BCUT2D eigenvalue weighted by molar-refractivity contribution is 5.75. The normalized spacial score (nSPS) is 22.3. The van der Waals surface area contributed by atoms with Gasteiger partial charge in [-0.2, -0.15) is 0 Å². The Kier molecular flexibility index (Phi) is 4.79. The molecular weight excluding hydrogens is 256 g/mol. The molecule has 0 bridgehead atoms. The first-order chi connectivity index (χ1) is 9.61. The Hall–Kier alpha value is -1.82. The van der Waals surface area contributed by atoms with E-state index in [1.165, 1.54) is 25.7 Å². The second kappa shape index (κ2) is 6.56. The number of hydrogen-bond donors (Lipinski definition) is 3. The third-order valence-electron chi connectivity index (χ3n) is 4.09. The molecule has 1 aliphatic rings. The number of benzene rings is 1.